The van der Waals surface area contributed by atoms with Gasteiger partial charge in [0.2, 0.25) is 5.91 Å². The van der Waals surface area contributed by atoms with E-state index < -0.39 is 0 Å². The average Bonchev–Trinajstić information content (AvgIpc) is 2.89. The molecule has 1 unspecified atom stereocenters. The number of anilines is 1. The average molecular weight is 263 g/mol. The normalized spacial score (nSPS) is 18.6. The van der Waals surface area contributed by atoms with E-state index in [4.69, 9.17) is 5.26 Å². The molecule has 1 fully saturated rings. The topological polar surface area (TPSA) is 64.9 Å². The van der Waals surface area contributed by atoms with Gasteiger partial charge in [-0.15, -0.1) is 11.3 Å². The van der Waals surface area contributed by atoms with Gasteiger partial charge in [-0.2, -0.15) is 5.26 Å². The molecule has 0 aromatic carbocycles. The van der Waals surface area contributed by atoms with Gasteiger partial charge in [0.15, 0.2) is 0 Å². The van der Waals surface area contributed by atoms with Gasteiger partial charge in [-0.05, 0) is 38.8 Å². The van der Waals surface area contributed by atoms with E-state index in [9.17, 15) is 4.79 Å². The Morgan fingerprint density at radius 3 is 3.00 bits per heavy atom. The number of carbonyl (C=O) groups is 1. The molecule has 1 aliphatic rings. The molecule has 1 atom stereocenters. The summed E-state index contributed by atoms with van der Waals surface area (Å²) in [5.74, 6) is -0.00727. The lowest BCUT2D eigenvalue weighted by atomic mass is 10.1. The maximum Gasteiger partial charge on any atom is 0.226 e. The first kappa shape index (κ1) is 13.1. The number of carbonyl (C=O) groups excluding carboxylic acids is 1. The van der Waals surface area contributed by atoms with Crippen molar-refractivity contribution in [2.75, 3.05) is 11.9 Å². The first-order valence-corrected chi connectivity index (χ1v) is 6.96. The lowest BCUT2D eigenvalue weighted by molar-refractivity contribution is -0.116. The Hall–Kier alpha value is -1.38. The van der Waals surface area contributed by atoms with Gasteiger partial charge in [0, 0.05) is 17.3 Å². The van der Waals surface area contributed by atoms with Gasteiger partial charge in [0.1, 0.15) is 11.1 Å². The molecule has 2 rings (SSSR count). The highest BCUT2D eigenvalue weighted by atomic mass is 32.1. The zero-order chi connectivity index (χ0) is 13.1. The first-order chi connectivity index (χ1) is 8.61. The number of aryl methyl sites for hydroxylation is 1. The summed E-state index contributed by atoms with van der Waals surface area (Å²) in [6.07, 6.45) is 2.68. The Labute approximate surface area is 111 Å². The van der Waals surface area contributed by atoms with Crippen LogP contribution in [-0.2, 0) is 4.79 Å². The Morgan fingerprint density at radius 1 is 1.61 bits per heavy atom. The summed E-state index contributed by atoms with van der Waals surface area (Å²) in [6, 6.07) is 2.45. The van der Waals surface area contributed by atoms with Crippen molar-refractivity contribution in [3.8, 4) is 6.07 Å². The van der Waals surface area contributed by atoms with E-state index in [-0.39, 0.29) is 11.9 Å². The summed E-state index contributed by atoms with van der Waals surface area (Å²) in [5.41, 5.74) is 1.57. The molecule has 0 radical (unpaired) electrons. The van der Waals surface area contributed by atoms with Crippen molar-refractivity contribution in [2.45, 2.75) is 39.2 Å². The predicted octanol–water partition coefficient (Wildman–Crippen LogP) is 2.32. The van der Waals surface area contributed by atoms with Crippen LogP contribution in [0.15, 0.2) is 0 Å². The van der Waals surface area contributed by atoms with Gasteiger partial charge in [0.25, 0.3) is 0 Å². The van der Waals surface area contributed by atoms with Gasteiger partial charge >= 0.3 is 0 Å². The predicted molar refractivity (Wildman–Crippen MR) is 72.8 cm³/mol. The van der Waals surface area contributed by atoms with Gasteiger partial charge in [-0.1, -0.05) is 0 Å². The molecule has 0 bridgehead atoms. The highest BCUT2D eigenvalue weighted by Gasteiger charge is 2.19. The largest absolute Gasteiger partial charge is 0.317 e. The molecule has 0 aliphatic carbocycles. The van der Waals surface area contributed by atoms with Gasteiger partial charge in [0.05, 0.1) is 5.56 Å². The summed E-state index contributed by atoms with van der Waals surface area (Å²) >= 11 is 1.48. The highest BCUT2D eigenvalue weighted by Crippen LogP contribution is 2.31. The van der Waals surface area contributed by atoms with E-state index in [1.807, 2.05) is 13.8 Å². The Kier molecular flexibility index (Phi) is 4.00. The summed E-state index contributed by atoms with van der Waals surface area (Å²) < 4.78 is 0. The Bertz CT molecular complexity index is 495. The van der Waals surface area contributed by atoms with Gasteiger partial charge in [-0.3, -0.25) is 4.79 Å². The van der Waals surface area contributed by atoms with Crippen LogP contribution in [0.3, 0.4) is 0 Å². The van der Waals surface area contributed by atoms with Crippen molar-refractivity contribution < 1.29 is 4.79 Å². The SMILES string of the molecule is Cc1sc(NC(=O)CC2CCCN2)c(C#N)c1C. The molecule has 1 aromatic rings. The van der Waals surface area contributed by atoms with E-state index in [2.05, 4.69) is 16.7 Å². The van der Waals surface area contributed by atoms with Crippen LogP contribution in [0.5, 0.6) is 0 Å². The minimum absolute atomic E-state index is 0.00727. The van der Waals surface area contributed by atoms with Crippen LogP contribution >= 0.6 is 11.3 Å². The van der Waals surface area contributed by atoms with Crippen molar-refractivity contribution in [3.63, 3.8) is 0 Å². The fourth-order valence-electron chi connectivity index (χ4n) is 2.18. The lowest BCUT2D eigenvalue weighted by Crippen LogP contribution is -2.27. The third-order valence-electron chi connectivity index (χ3n) is 3.34. The van der Waals surface area contributed by atoms with Crippen LogP contribution in [0.1, 0.15) is 35.3 Å². The molecule has 1 saturated heterocycles. The molecule has 5 heteroatoms. The zero-order valence-electron chi connectivity index (χ0n) is 10.7. The smallest absolute Gasteiger partial charge is 0.226 e. The standard InChI is InChI=1S/C13H17N3OS/c1-8-9(2)18-13(11(8)7-14)16-12(17)6-10-4-3-5-15-10/h10,15H,3-6H2,1-2H3,(H,16,17). The maximum absolute atomic E-state index is 11.9. The quantitative estimate of drug-likeness (QED) is 0.879. The van der Waals surface area contributed by atoms with Crippen LogP contribution in [0.4, 0.5) is 5.00 Å². The molecule has 2 N–H and O–H groups in total. The molecule has 1 aliphatic heterocycles. The van der Waals surface area contributed by atoms with Crippen LogP contribution in [0, 0.1) is 25.2 Å². The molecule has 2 heterocycles. The molecule has 0 spiro atoms. The number of hydrogen-bond acceptors (Lipinski definition) is 4. The van der Waals surface area contributed by atoms with E-state index in [1.54, 1.807) is 0 Å². The van der Waals surface area contributed by atoms with Crippen molar-refractivity contribution in [1.29, 1.82) is 5.26 Å². The van der Waals surface area contributed by atoms with E-state index in [0.29, 0.717) is 17.0 Å². The molecular formula is C13H17N3OS. The van der Waals surface area contributed by atoms with Gasteiger partial charge in [-0.25, -0.2) is 0 Å². The lowest BCUT2D eigenvalue weighted by Gasteiger charge is -2.09. The number of nitriles is 1. The third kappa shape index (κ3) is 2.71. The number of rotatable bonds is 3. The number of hydrogen-bond donors (Lipinski definition) is 2. The number of thiophene rings is 1. The minimum atomic E-state index is -0.00727. The molecule has 4 nitrogen and oxygen atoms in total. The van der Waals surface area contributed by atoms with Crippen molar-refractivity contribution in [2.24, 2.45) is 0 Å². The summed E-state index contributed by atoms with van der Waals surface area (Å²) in [7, 11) is 0. The molecule has 1 aromatic heterocycles. The van der Waals surface area contributed by atoms with Crippen LogP contribution in [0.25, 0.3) is 0 Å². The van der Waals surface area contributed by atoms with Crippen LogP contribution in [0.2, 0.25) is 0 Å². The first-order valence-electron chi connectivity index (χ1n) is 6.15. The summed E-state index contributed by atoms with van der Waals surface area (Å²) in [5, 5.41) is 16.0. The Morgan fingerprint density at radius 2 is 2.39 bits per heavy atom. The number of nitrogens with one attached hydrogen (secondary N) is 2. The maximum atomic E-state index is 11.9. The second-order valence-electron chi connectivity index (χ2n) is 4.64. The summed E-state index contributed by atoms with van der Waals surface area (Å²) in [4.78, 5) is 13.0. The minimum Gasteiger partial charge on any atom is -0.317 e. The second kappa shape index (κ2) is 5.51. The number of nitrogens with zero attached hydrogens (tertiary/aromatic N) is 1. The van der Waals surface area contributed by atoms with Crippen molar-refractivity contribution in [3.05, 3.63) is 16.0 Å². The molecule has 1 amide bonds. The molecule has 96 valence electrons. The highest BCUT2D eigenvalue weighted by molar-refractivity contribution is 7.16. The monoisotopic (exact) mass is 263 g/mol. The van der Waals surface area contributed by atoms with E-state index in [0.717, 1.165) is 29.8 Å². The van der Waals surface area contributed by atoms with E-state index in [1.165, 1.54) is 11.3 Å². The third-order valence-corrected chi connectivity index (χ3v) is 4.47. The van der Waals surface area contributed by atoms with Gasteiger partial charge < -0.3 is 10.6 Å². The second-order valence-corrected chi connectivity index (χ2v) is 5.87. The van der Waals surface area contributed by atoms with Crippen LogP contribution < -0.4 is 10.6 Å². The molecular weight excluding hydrogens is 246 g/mol. The van der Waals surface area contributed by atoms with Crippen LogP contribution in [-0.4, -0.2) is 18.5 Å². The zero-order valence-corrected chi connectivity index (χ0v) is 11.5. The van der Waals surface area contributed by atoms with Crippen molar-refractivity contribution in [1.82, 2.24) is 5.32 Å². The van der Waals surface area contributed by atoms with Crippen molar-refractivity contribution >= 4 is 22.2 Å². The molecule has 18 heavy (non-hydrogen) atoms. The number of amides is 1. The summed E-state index contributed by atoms with van der Waals surface area (Å²) in [6.45, 7) is 4.88. The fourth-order valence-corrected chi connectivity index (χ4v) is 3.21. The Balaban J connectivity index is 2.02. The van der Waals surface area contributed by atoms with E-state index >= 15 is 0 Å². The molecule has 0 saturated carbocycles. The fraction of sp³-hybridized carbons (Fsp3) is 0.538.